The number of aromatic nitrogens is 1. The summed E-state index contributed by atoms with van der Waals surface area (Å²) in [6, 6.07) is 6.02. The third-order valence-electron chi connectivity index (χ3n) is 4.52. The molecular weight excluding hydrogens is 455 g/mol. The summed E-state index contributed by atoms with van der Waals surface area (Å²) in [5, 5.41) is 2.29. The SMILES string of the molecule is C[Si](C)(C)CCOCN1Cc2c(c3ccc(Br)cc3n(CC(F)(F)F)c2=O)N1. The molecule has 1 aromatic carbocycles. The van der Waals surface area contributed by atoms with Crippen LogP contribution in [0, 0.1) is 0 Å². The maximum absolute atomic E-state index is 13.1. The zero-order valence-electron chi connectivity index (χ0n) is 16.0. The minimum atomic E-state index is -4.49. The molecule has 154 valence electrons. The first-order valence-electron chi connectivity index (χ1n) is 8.96. The Kier molecular flexibility index (Phi) is 5.95. The number of rotatable bonds is 6. The highest BCUT2D eigenvalue weighted by molar-refractivity contribution is 9.10. The normalized spacial score (nSPS) is 15.1. The van der Waals surface area contributed by atoms with Crippen LogP contribution in [0.2, 0.25) is 25.7 Å². The van der Waals surface area contributed by atoms with Crippen LogP contribution in [0.5, 0.6) is 0 Å². The molecule has 1 aliphatic heterocycles. The Morgan fingerprint density at radius 3 is 2.64 bits per heavy atom. The number of hydrogen-bond donors (Lipinski definition) is 1. The van der Waals surface area contributed by atoms with Gasteiger partial charge in [0.05, 0.1) is 23.3 Å². The fourth-order valence-corrected chi connectivity index (χ4v) is 4.22. The van der Waals surface area contributed by atoms with Gasteiger partial charge in [0.1, 0.15) is 13.3 Å². The van der Waals surface area contributed by atoms with Crippen LogP contribution in [0.3, 0.4) is 0 Å². The van der Waals surface area contributed by atoms with Gasteiger partial charge in [-0.3, -0.25) is 9.36 Å². The third kappa shape index (κ3) is 4.97. The minimum Gasteiger partial charge on any atom is -0.365 e. The Labute approximate surface area is 170 Å². The quantitative estimate of drug-likeness (QED) is 0.480. The van der Waals surface area contributed by atoms with Crippen molar-refractivity contribution in [3.63, 3.8) is 0 Å². The van der Waals surface area contributed by atoms with Crippen LogP contribution in [0.25, 0.3) is 10.9 Å². The summed E-state index contributed by atoms with van der Waals surface area (Å²) >= 11 is 3.28. The lowest BCUT2D eigenvalue weighted by atomic mass is 10.1. The van der Waals surface area contributed by atoms with Gasteiger partial charge in [-0.1, -0.05) is 35.6 Å². The number of ether oxygens (including phenoxy) is 1. The molecule has 10 heteroatoms. The van der Waals surface area contributed by atoms with Crippen molar-refractivity contribution in [3.05, 3.63) is 38.6 Å². The highest BCUT2D eigenvalue weighted by Crippen LogP contribution is 2.33. The van der Waals surface area contributed by atoms with Gasteiger partial charge in [-0.15, -0.1) is 0 Å². The van der Waals surface area contributed by atoms with Crippen LogP contribution in [0.15, 0.2) is 27.5 Å². The lowest BCUT2D eigenvalue weighted by Gasteiger charge is -2.19. The number of hydrazine groups is 1. The molecule has 0 amide bonds. The maximum atomic E-state index is 13.1. The molecule has 28 heavy (non-hydrogen) atoms. The highest BCUT2D eigenvalue weighted by Gasteiger charge is 2.32. The number of anilines is 1. The van der Waals surface area contributed by atoms with Gasteiger partial charge in [-0.2, -0.15) is 18.2 Å². The van der Waals surface area contributed by atoms with E-state index in [4.69, 9.17) is 4.74 Å². The molecule has 0 bridgehead atoms. The molecule has 0 atom stereocenters. The molecule has 5 nitrogen and oxygen atoms in total. The van der Waals surface area contributed by atoms with E-state index >= 15 is 0 Å². The second kappa shape index (κ2) is 7.81. The fraction of sp³-hybridized carbons (Fsp3) is 0.500. The van der Waals surface area contributed by atoms with E-state index in [0.29, 0.717) is 27.7 Å². The zero-order chi connectivity index (χ0) is 20.7. The van der Waals surface area contributed by atoms with Crippen LogP contribution in [0.4, 0.5) is 18.9 Å². The number of nitrogens with one attached hydrogen (secondary N) is 1. The van der Waals surface area contributed by atoms with Gasteiger partial charge >= 0.3 is 6.18 Å². The van der Waals surface area contributed by atoms with E-state index in [1.165, 1.54) is 6.07 Å². The monoisotopic (exact) mass is 477 g/mol. The van der Waals surface area contributed by atoms with E-state index in [0.717, 1.165) is 10.6 Å². The van der Waals surface area contributed by atoms with E-state index in [2.05, 4.69) is 41.0 Å². The highest BCUT2D eigenvalue weighted by atomic mass is 79.9. The minimum absolute atomic E-state index is 0.199. The van der Waals surface area contributed by atoms with Gasteiger partial charge < -0.3 is 10.2 Å². The predicted octanol–water partition coefficient (Wildman–Crippen LogP) is 4.78. The molecule has 1 N–H and O–H groups in total. The van der Waals surface area contributed by atoms with Crippen molar-refractivity contribution < 1.29 is 17.9 Å². The molecule has 1 aromatic heterocycles. The molecule has 0 unspecified atom stereocenters. The van der Waals surface area contributed by atoms with Crippen LogP contribution >= 0.6 is 15.9 Å². The summed E-state index contributed by atoms with van der Waals surface area (Å²) in [5.41, 5.74) is 3.63. The lowest BCUT2D eigenvalue weighted by Crippen LogP contribution is -2.31. The number of nitrogens with zero attached hydrogens (tertiary/aromatic N) is 2. The molecule has 0 saturated carbocycles. The van der Waals surface area contributed by atoms with Crippen LogP contribution in [-0.4, -0.2) is 37.2 Å². The predicted molar refractivity (Wildman–Crippen MR) is 110 cm³/mol. The zero-order valence-corrected chi connectivity index (χ0v) is 18.6. The maximum Gasteiger partial charge on any atom is 0.406 e. The first-order valence-corrected chi connectivity index (χ1v) is 13.5. The Morgan fingerprint density at radius 2 is 2.00 bits per heavy atom. The molecule has 1 aliphatic rings. The molecule has 0 spiro atoms. The Hall–Kier alpha value is -1.36. The third-order valence-corrected chi connectivity index (χ3v) is 6.72. The van der Waals surface area contributed by atoms with Gasteiger partial charge in [0.15, 0.2) is 0 Å². The average Bonchev–Trinajstić information content (AvgIpc) is 2.98. The van der Waals surface area contributed by atoms with E-state index in [1.807, 2.05) is 0 Å². The summed E-state index contributed by atoms with van der Waals surface area (Å²) in [6.07, 6.45) is -4.49. The molecule has 2 heterocycles. The van der Waals surface area contributed by atoms with Crippen LogP contribution < -0.4 is 11.0 Å². The van der Waals surface area contributed by atoms with E-state index in [-0.39, 0.29) is 18.8 Å². The van der Waals surface area contributed by atoms with Crippen LogP contribution in [-0.2, 0) is 17.8 Å². The largest absolute Gasteiger partial charge is 0.406 e. The first kappa shape index (κ1) is 21.3. The summed E-state index contributed by atoms with van der Waals surface area (Å²) < 4.78 is 46.3. The second-order valence-corrected chi connectivity index (χ2v) is 14.7. The molecule has 3 rings (SSSR count). The first-order chi connectivity index (χ1) is 12.9. The van der Waals surface area contributed by atoms with E-state index in [9.17, 15) is 18.0 Å². The summed E-state index contributed by atoms with van der Waals surface area (Å²) in [5.74, 6) is 0. The van der Waals surface area contributed by atoms with Crippen molar-refractivity contribution in [1.29, 1.82) is 0 Å². The van der Waals surface area contributed by atoms with Crippen molar-refractivity contribution in [2.24, 2.45) is 0 Å². The standard InChI is InChI=1S/C18H23BrF3N3O2Si/c1-28(2,3)7-6-27-11-24-9-14-16(23-24)13-5-4-12(19)8-15(13)25(17(14)26)10-18(20,21)22/h4-5,8,23H,6-7,9-11H2,1-3H3. The summed E-state index contributed by atoms with van der Waals surface area (Å²) in [4.78, 5) is 12.8. The number of halogens is 4. The van der Waals surface area contributed by atoms with Crippen molar-refractivity contribution in [1.82, 2.24) is 9.58 Å². The number of hydrogen-bond acceptors (Lipinski definition) is 4. The topological polar surface area (TPSA) is 46.5 Å². The smallest absolute Gasteiger partial charge is 0.365 e. The van der Waals surface area contributed by atoms with Crippen molar-refractivity contribution in [2.45, 2.75) is 45.0 Å². The number of alkyl halides is 3. The molecule has 0 radical (unpaired) electrons. The number of pyridine rings is 1. The van der Waals surface area contributed by atoms with Crippen molar-refractivity contribution in [2.75, 3.05) is 18.8 Å². The van der Waals surface area contributed by atoms with E-state index in [1.54, 1.807) is 17.1 Å². The Bertz CT molecular complexity index is 941. The number of benzene rings is 1. The Morgan fingerprint density at radius 1 is 1.29 bits per heavy atom. The Balaban J connectivity index is 1.89. The molecule has 0 aliphatic carbocycles. The van der Waals surface area contributed by atoms with Gasteiger partial charge in [0, 0.05) is 24.5 Å². The lowest BCUT2D eigenvalue weighted by molar-refractivity contribution is -0.140. The second-order valence-electron chi connectivity index (χ2n) is 8.18. The van der Waals surface area contributed by atoms with Crippen LogP contribution in [0.1, 0.15) is 5.56 Å². The molecule has 2 aromatic rings. The van der Waals surface area contributed by atoms with Gasteiger partial charge in [0.2, 0.25) is 0 Å². The molecule has 0 fully saturated rings. The summed E-state index contributed by atoms with van der Waals surface area (Å²) in [6.45, 7) is 6.53. The fourth-order valence-electron chi connectivity index (χ4n) is 3.11. The van der Waals surface area contributed by atoms with Gasteiger partial charge in [-0.05, 0) is 24.2 Å². The van der Waals surface area contributed by atoms with E-state index < -0.39 is 26.4 Å². The molecule has 0 saturated heterocycles. The average molecular weight is 478 g/mol. The van der Waals surface area contributed by atoms with Crippen molar-refractivity contribution >= 4 is 40.6 Å². The summed E-state index contributed by atoms with van der Waals surface area (Å²) in [7, 11) is -1.21. The van der Waals surface area contributed by atoms with Crippen molar-refractivity contribution in [3.8, 4) is 0 Å². The van der Waals surface area contributed by atoms with Gasteiger partial charge in [-0.25, -0.2) is 0 Å². The van der Waals surface area contributed by atoms with Gasteiger partial charge in [0.25, 0.3) is 5.56 Å². The molecular formula is C18H23BrF3N3O2Si. The number of fused-ring (bicyclic) bond motifs is 3.